The Hall–Kier alpha value is -0.730. The molecular formula is C8H15N3O. The SMILES string of the molecule is C[C@@H]1CCC[C@@](O)(CN=[N+]=[N-])C1. The molecule has 1 saturated carbocycles. The second-order valence-electron chi connectivity index (χ2n) is 3.81. The molecule has 0 aromatic rings. The highest BCUT2D eigenvalue weighted by Gasteiger charge is 2.31. The highest BCUT2D eigenvalue weighted by atomic mass is 16.3. The summed E-state index contributed by atoms with van der Waals surface area (Å²) in [6, 6.07) is 0. The molecule has 1 rings (SSSR count). The van der Waals surface area contributed by atoms with Crippen molar-refractivity contribution in [1.82, 2.24) is 0 Å². The molecule has 4 nitrogen and oxygen atoms in total. The number of hydrogen-bond acceptors (Lipinski definition) is 2. The third-order valence-corrected chi connectivity index (χ3v) is 2.50. The van der Waals surface area contributed by atoms with Crippen molar-refractivity contribution in [1.29, 1.82) is 0 Å². The lowest BCUT2D eigenvalue weighted by Gasteiger charge is -2.34. The number of nitrogens with zero attached hydrogens (tertiary/aromatic N) is 3. The maximum atomic E-state index is 9.91. The highest BCUT2D eigenvalue weighted by Crippen LogP contribution is 2.32. The Labute approximate surface area is 72.2 Å². The van der Waals surface area contributed by atoms with Crippen LogP contribution < -0.4 is 0 Å². The molecule has 68 valence electrons. The summed E-state index contributed by atoms with van der Waals surface area (Å²) in [4.78, 5) is 2.67. The minimum absolute atomic E-state index is 0.230. The quantitative estimate of drug-likeness (QED) is 0.384. The van der Waals surface area contributed by atoms with E-state index in [2.05, 4.69) is 16.9 Å². The molecule has 0 aliphatic heterocycles. The lowest BCUT2D eigenvalue weighted by molar-refractivity contribution is -0.00433. The molecule has 2 atom stereocenters. The van der Waals surface area contributed by atoms with E-state index in [-0.39, 0.29) is 6.54 Å². The molecule has 0 bridgehead atoms. The average molecular weight is 169 g/mol. The van der Waals surface area contributed by atoms with Crippen LogP contribution in [0.2, 0.25) is 0 Å². The third-order valence-electron chi connectivity index (χ3n) is 2.50. The fourth-order valence-electron chi connectivity index (χ4n) is 1.94. The van der Waals surface area contributed by atoms with Crippen molar-refractivity contribution in [2.45, 2.75) is 38.2 Å². The second kappa shape index (κ2) is 3.78. The average Bonchev–Trinajstić information content (AvgIpc) is 2.01. The van der Waals surface area contributed by atoms with Crippen LogP contribution in [0.25, 0.3) is 10.4 Å². The van der Waals surface area contributed by atoms with Gasteiger partial charge in [-0.1, -0.05) is 24.9 Å². The molecular weight excluding hydrogens is 154 g/mol. The Bertz CT molecular complexity index is 200. The summed E-state index contributed by atoms with van der Waals surface area (Å²) in [5, 5.41) is 13.3. The van der Waals surface area contributed by atoms with Crippen molar-refractivity contribution in [2.24, 2.45) is 11.0 Å². The zero-order valence-corrected chi connectivity index (χ0v) is 7.40. The van der Waals surface area contributed by atoms with E-state index in [4.69, 9.17) is 5.53 Å². The summed E-state index contributed by atoms with van der Waals surface area (Å²) in [6.45, 7) is 2.36. The van der Waals surface area contributed by atoms with Crippen molar-refractivity contribution >= 4 is 0 Å². The van der Waals surface area contributed by atoms with E-state index < -0.39 is 5.60 Å². The Balaban J connectivity index is 2.50. The van der Waals surface area contributed by atoms with Gasteiger partial charge in [-0.15, -0.1) is 0 Å². The molecule has 0 aromatic carbocycles. The molecule has 0 aromatic heterocycles. The lowest BCUT2D eigenvalue weighted by Crippen LogP contribution is -2.37. The van der Waals surface area contributed by atoms with Crippen LogP contribution in [-0.2, 0) is 0 Å². The summed E-state index contributed by atoms with van der Waals surface area (Å²) in [7, 11) is 0. The van der Waals surface area contributed by atoms with Gasteiger partial charge in [-0.05, 0) is 24.3 Å². The van der Waals surface area contributed by atoms with Crippen LogP contribution in [0.3, 0.4) is 0 Å². The zero-order chi connectivity index (χ0) is 9.03. The fraction of sp³-hybridized carbons (Fsp3) is 1.00. The van der Waals surface area contributed by atoms with Crippen LogP contribution in [0.5, 0.6) is 0 Å². The van der Waals surface area contributed by atoms with E-state index in [9.17, 15) is 5.11 Å². The van der Waals surface area contributed by atoms with Crippen molar-refractivity contribution in [3.63, 3.8) is 0 Å². The molecule has 0 heterocycles. The molecule has 1 aliphatic carbocycles. The maximum Gasteiger partial charge on any atom is 0.0706 e. The van der Waals surface area contributed by atoms with Crippen LogP contribution in [-0.4, -0.2) is 17.3 Å². The Morgan fingerprint density at radius 1 is 1.75 bits per heavy atom. The van der Waals surface area contributed by atoms with Gasteiger partial charge in [0.05, 0.1) is 12.1 Å². The largest absolute Gasteiger partial charge is 0.390 e. The Morgan fingerprint density at radius 2 is 2.50 bits per heavy atom. The van der Waals surface area contributed by atoms with Crippen LogP contribution in [0, 0.1) is 5.92 Å². The summed E-state index contributed by atoms with van der Waals surface area (Å²) in [6.07, 6.45) is 3.76. The topological polar surface area (TPSA) is 69.0 Å². The van der Waals surface area contributed by atoms with Crippen LogP contribution in [0.4, 0.5) is 0 Å². The van der Waals surface area contributed by atoms with Crippen LogP contribution >= 0.6 is 0 Å². The van der Waals surface area contributed by atoms with E-state index in [0.29, 0.717) is 5.92 Å². The van der Waals surface area contributed by atoms with Gasteiger partial charge in [0.2, 0.25) is 0 Å². The predicted molar refractivity (Wildman–Crippen MR) is 46.6 cm³/mol. The number of rotatable bonds is 2. The van der Waals surface area contributed by atoms with E-state index >= 15 is 0 Å². The number of azide groups is 1. The first-order valence-electron chi connectivity index (χ1n) is 4.39. The van der Waals surface area contributed by atoms with Gasteiger partial charge < -0.3 is 5.11 Å². The van der Waals surface area contributed by atoms with Gasteiger partial charge in [-0.25, -0.2) is 0 Å². The summed E-state index contributed by atoms with van der Waals surface area (Å²) < 4.78 is 0. The molecule has 0 unspecified atom stereocenters. The van der Waals surface area contributed by atoms with Gasteiger partial charge in [-0.2, -0.15) is 0 Å². The first-order valence-corrected chi connectivity index (χ1v) is 4.39. The van der Waals surface area contributed by atoms with Crippen molar-refractivity contribution in [3.05, 3.63) is 10.4 Å². The van der Waals surface area contributed by atoms with E-state index in [0.717, 1.165) is 19.3 Å². The van der Waals surface area contributed by atoms with Gasteiger partial charge in [0, 0.05) is 4.91 Å². The van der Waals surface area contributed by atoms with Gasteiger partial charge >= 0.3 is 0 Å². The summed E-state index contributed by atoms with van der Waals surface area (Å²) >= 11 is 0. The molecule has 0 spiro atoms. The fourth-order valence-corrected chi connectivity index (χ4v) is 1.94. The monoisotopic (exact) mass is 169 g/mol. The lowest BCUT2D eigenvalue weighted by atomic mass is 9.79. The van der Waals surface area contributed by atoms with Crippen molar-refractivity contribution < 1.29 is 5.11 Å². The van der Waals surface area contributed by atoms with Gasteiger partial charge in [-0.3, -0.25) is 0 Å². The first kappa shape index (κ1) is 9.36. The molecule has 1 fully saturated rings. The van der Waals surface area contributed by atoms with Gasteiger partial charge in [0.1, 0.15) is 0 Å². The smallest absolute Gasteiger partial charge is 0.0706 e. The number of hydrogen-bond donors (Lipinski definition) is 1. The van der Waals surface area contributed by atoms with Gasteiger partial charge in [0.25, 0.3) is 0 Å². The Kier molecular flexibility index (Phi) is 2.95. The van der Waals surface area contributed by atoms with Crippen LogP contribution in [0.15, 0.2) is 5.11 Å². The first-order chi connectivity index (χ1) is 5.66. The van der Waals surface area contributed by atoms with Crippen LogP contribution in [0.1, 0.15) is 32.6 Å². The summed E-state index contributed by atoms with van der Waals surface area (Å²) in [5.41, 5.74) is 7.41. The molecule has 4 heteroatoms. The third kappa shape index (κ3) is 2.40. The van der Waals surface area contributed by atoms with Crippen molar-refractivity contribution in [3.8, 4) is 0 Å². The normalized spacial score (nSPS) is 35.7. The standard InChI is InChI=1S/C8H15N3O/c1-7-3-2-4-8(12,5-7)6-10-11-9/h7,12H,2-6H2,1H3/t7-,8+/m1/s1. The molecule has 0 radical (unpaired) electrons. The molecule has 12 heavy (non-hydrogen) atoms. The molecule has 0 saturated heterocycles. The van der Waals surface area contributed by atoms with Gasteiger partial charge in [0.15, 0.2) is 0 Å². The zero-order valence-electron chi connectivity index (χ0n) is 7.40. The highest BCUT2D eigenvalue weighted by molar-refractivity contribution is 4.86. The molecule has 1 N–H and O–H groups in total. The summed E-state index contributed by atoms with van der Waals surface area (Å²) in [5.74, 6) is 0.553. The van der Waals surface area contributed by atoms with E-state index in [1.807, 2.05) is 0 Å². The number of aliphatic hydroxyl groups is 1. The second-order valence-corrected chi connectivity index (χ2v) is 3.81. The minimum Gasteiger partial charge on any atom is -0.390 e. The van der Waals surface area contributed by atoms with E-state index in [1.54, 1.807) is 0 Å². The molecule has 0 amide bonds. The van der Waals surface area contributed by atoms with Crippen molar-refractivity contribution in [2.75, 3.05) is 6.54 Å². The maximum absolute atomic E-state index is 9.91. The Morgan fingerprint density at radius 3 is 3.08 bits per heavy atom. The minimum atomic E-state index is -0.718. The van der Waals surface area contributed by atoms with E-state index in [1.165, 1.54) is 6.42 Å². The molecule has 1 aliphatic rings. The predicted octanol–water partition coefficient (Wildman–Crippen LogP) is 2.24.